The highest BCUT2D eigenvalue weighted by Gasteiger charge is 2.11. The highest BCUT2D eigenvalue weighted by atomic mass is 19.1. The smallest absolute Gasteiger partial charge is 0.269 e. The number of allylic oxidation sites excluding steroid dienone is 5. The summed E-state index contributed by atoms with van der Waals surface area (Å²) in [4.78, 5) is 19.1. The highest BCUT2D eigenvalue weighted by molar-refractivity contribution is 5.92. The third-order valence-corrected chi connectivity index (χ3v) is 3.03. The molecule has 124 valence electrons. The predicted octanol–water partition coefficient (Wildman–Crippen LogP) is 4.24. The van der Waals surface area contributed by atoms with Crippen molar-refractivity contribution >= 4 is 11.5 Å². The minimum atomic E-state index is -0.738. The Balaban J connectivity index is 2.80. The van der Waals surface area contributed by atoms with Crippen LogP contribution in [-0.2, 0) is 0 Å². The molecule has 1 aromatic rings. The number of amides is 1. The van der Waals surface area contributed by atoms with Crippen LogP contribution in [0.4, 0.5) is 8.78 Å². The molecule has 0 aliphatic rings. The van der Waals surface area contributed by atoms with Crippen molar-refractivity contribution in [2.24, 2.45) is 0 Å². The van der Waals surface area contributed by atoms with Crippen LogP contribution in [0.1, 0.15) is 43.5 Å². The lowest BCUT2D eigenvalue weighted by atomic mass is 10.2. The van der Waals surface area contributed by atoms with Gasteiger partial charge in [-0.1, -0.05) is 25.2 Å². The molecule has 0 aromatic carbocycles. The molecule has 0 fully saturated rings. The molecule has 1 rings (SSSR count). The van der Waals surface area contributed by atoms with Crippen molar-refractivity contribution < 1.29 is 13.6 Å². The van der Waals surface area contributed by atoms with Gasteiger partial charge in [0.1, 0.15) is 17.3 Å². The second-order valence-electron chi connectivity index (χ2n) is 4.79. The van der Waals surface area contributed by atoms with Gasteiger partial charge in [0.15, 0.2) is 0 Å². The summed E-state index contributed by atoms with van der Waals surface area (Å²) in [5.41, 5.74) is 1.40. The van der Waals surface area contributed by atoms with E-state index in [0.29, 0.717) is 11.9 Å². The fourth-order valence-corrected chi connectivity index (χ4v) is 1.90. The Bertz CT molecular complexity index is 655. The first kappa shape index (κ1) is 18.5. The molecule has 0 bridgehead atoms. The van der Waals surface area contributed by atoms with E-state index in [-0.39, 0.29) is 24.1 Å². The average Bonchev–Trinajstić information content (AvgIpc) is 3.01. The number of aromatic amines is 1. The molecule has 4 nitrogen and oxygen atoms in total. The van der Waals surface area contributed by atoms with Gasteiger partial charge in [0.25, 0.3) is 5.91 Å². The summed E-state index contributed by atoms with van der Waals surface area (Å²) in [6.07, 6.45) is 8.19. The topological polar surface area (TPSA) is 57.8 Å². The summed E-state index contributed by atoms with van der Waals surface area (Å²) in [5, 5.41) is 2.57. The van der Waals surface area contributed by atoms with Gasteiger partial charge in [0, 0.05) is 18.2 Å². The fourth-order valence-electron chi connectivity index (χ4n) is 1.90. The highest BCUT2D eigenvalue weighted by Crippen LogP contribution is 2.12. The molecule has 2 N–H and O–H groups in total. The average molecular weight is 321 g/mol. The quantitative estimate of drug-likeness (QED) is 0.738. The maximum absolute atomic E-state index is 13.6. The van der Waals surface area contributed by atoms with E-state index in [2.05, 4.69) is 15.3 Å². The van der Waals surface area contributed by atoms with Gasteiger partial charge in [-0.05, 0) is 25.8 Å². The molecular weight excluding hydrogens is 300 g/mol. The minimum Gasteiger partial charge on any atom is -0.347 e. The SMILES string of the molecule is C\C=C/C(CNC(=O)c1cnc(/C(C)=C/CC)[nH]1)=C(F)\C=C\F. The lowest BCUT2D eigenvalue weighted by Gasteiger charge is -2.05. The van der Waals surface area contributed by atoms with Crippen molar-refractivity contribution in [2.45, 2.75) is 27.2 Å². The van der Waals surface area contributed by atoms with Crippen LogP contribution in [0.2, 0.25) is 0 Å². The zero-order valence-electron chi connectivity index (χ0n) is 13.5. The van der Waals surface area contributed by atoms with E-state index in [1.54, 1.807) is 13.0 Å². The Morgan fingerprint density at radius 3 is 2.78 bits per heavy atom. The second kappa shape index (κ2) is 9.50. The van der Waals surface area contributed by atoms with Crippen LogP contribution in [0, 0.1) is 0 Å². The van der Waals surface area contributed by atoms with E-state index >= 15 is 0 Å². The number of hydrogen-bond acceptors (Lipinski definition) is 2. The molecule has 1 heterocycles. The molecule has 0 aliphatic carbocycles. The molecular formula is C17H21F2N3O. The largest absolute Gasteiger partial charge is 0.347 e. The molecule has 1 amide bonds. The van der Waals surface area contributed by atoms with Gasteiger partial charge in [-0.15, -0.1) is 0 Å². The number of nitrogens with one attached hydrogen (secondary N) is 2. The van der Waals surface area contributed by atoms with Crippen LogP contribution in [0.3, 0.4) is 0 Å². The summed E-state index contributed by atoms with van der Waals surface area (Å²) in [5.74, 6) is -0.530. The lowest BCUT2D eigenvalue weighted by Crippen LogP contribution is -2.26. The van der Waals surface area contributed by atoms with Gasteiger partial charge < -0.3 is 10.3 Å². The Labute approximate surface area is 134 Å². The standard InChI is InChI=1S/C17H21F2N3O/c1-4-6-12(3)16-20-11-15(22-16)17(23)21-10-13(7-5-2)14(19)8-9-18/h5-9,11H,4,10H2,1-3H3,(H,20,22)(H,21,23)/b7-5-,9-8+,12-6+,14-13-. The summed E-state index contributed by atoms with van der Waals surface area (Å²) < 4.78 is 25.7. The first-order valence-electron chi connectivity index (χ1n) is 7.31. The Morgan fingerprint density at radius 2 is 2.17 bits per heavy atom. The van der Waals surface area contributed by atoms with Crippen molar-refractivity contribution in [1.29, 1.82) is 0 Å². The molecule has 6 heteroatoms. The maximum atomic E-state index is 13.6. The van der Waals surface area contributed by atoms with Crippen LogP contribution in [0.5, 0.6) is 0 Å². The summed E-state index contributed by atoms with van der Waals surface area (Å²) in [6, 6.07) is 0. The monoisotopic (exact) mass is 321 g/mol. The number of aromatic nitrogens is 2. The van der Waals surface area contributed by atoms with Gasteiger partial charge in [-0.3, -0.25) is 4.79 Å². The van der Waals surface area contributed by atoms with Crippen molar-refractivity contribution in [3.8, 4) is 0 Å². The molecule has 0 aliphatic heterocycles. The summed E-state index contributed by atoms with van der Waals surface area (Å²) in [6.45, 7) is 5.56. The zero-order valence-corrected chi connectivity index (χ0v) is 13.5. The Hall–Kier alpha value is -2.50. The normalized spacial score (nSPS) is 13.7. The number of carbonyl (C=O) groups is 1. The van der Waals surface area contributed by atoms with E-state index in [1.165, 1.54) is 12.3 Å². The van der Waals surface area contributed by atoms with Crippen molar-refractivity contribution in [3.63, 3.8) is 0 Å². The Morgan fingerprint density at radius 1 is 1.43 bits per heavy atom. The van der Waals surface area contributed by atoms with Crippen LogP contribution < -0.4 is 5.32 Å². The first-order chi connectivity index (χ1) is 11.0. The number of imidazole rings is 1. The van der Waals surface area contributed by atoms with Gasteiger partial charge in [-0.25, -0.2) is 13.8 Å². The molecule has 23 heavy (non-hydrogen) atoms. The molecule has 0 saturated heterocycles. The molecule has 0 saturated carbocycles. The van der Waals surface area contributed by atoms with Gasteiger partial charge in [0.05, 0.1) is 12.5 Å². The molecule has 0 atom stereocenters. The summed E-state index contributed by atoms with van der Waals surface area (Å²) >= 11 is 0. The van der Waals surface area contributed by atoms with Crippen molar-refractivity contribution in [2.75, 3.05) is 6.54 Å². The van der Waals surface area contributed by atoms with E-state index < -0.39 is 11.7 Å². The predicted molar refractivity (Wildman–Crippen MR) is 88.1 cm³/mol. The van der Waals surface area contributed by atoms with Crippen molar-refractivity contribution in [1.82, 2.24) is 15.3 Å². The second-order valence-corrected chi connectivity index (χ2v) is 4.79. The zero-order chi connectivity index (χ0) is 17.2. The van der Waals surface area contributed by atoms with Crippen LogP contribution in [-0.4, -0.2) is 22.4 Å². The van der Waals surface area contributed by atoms with E-state index in [4.69, 9.17) is 0 Å². The lowest BCUT2D eigenvalue weighted by molar-refractivity contribution is 0.0952. The van der Waals surface area contributed by atoms with Crippen LogP contribution in [0.15, 0.2) is 48.2 Å². The van der Waals surface area contributed by atoms with Crippen LogP contribution in [0.25, 0.3) is 5.57 Å². The van der Waals surface area contributed by atoms with Gasteiger partial charge in [0.2, 0.25) is 0 Å². The number of nitrogens with zero attached hydrogens (tertiary/aromatic N) is 1. The van der Waals surface area contributed by atoms with Crippen molar-refractivity contribution in [3.05, 3.63) is 59.7 Å². The minimum absolute atomic E-state index is 0.0581. The molecule has 1 aromatic heterocycles. The molecule has 0 radical (unpaired) electrons. The van der Waals surface area contributed by atoms with E-state index in [1.807, 2.05) is 19.9 Å². The summed E-state index contributed by atoms with van der Waals surface area (Å²) in [7, 11) is 0. The number of hydrogen-bond donors (Lipinski definition) is 2. The molecule has 0 unspecified atom stereocenters. The van der Waals surface area contributed by atoms with Gasteiger partial charge >= 0.3 is 0 Å². The maximum Gasteiger partial charge on any atom is 0.269 e. The van der Waals surface area contributed by atoms with E-state index in [0.717, 1.165) is 12.0 Å². The van der Waals surface area contributed by atoms with Crippen LogP contribution >= 0.6 is 0 Å². The van der Waals surface area contributed by atoms with Gasteiger partial charge in [-0.2, -0.15) is 0 Å². The Kier molecular flexibility index (Phi) is 7.66. The first-order valence-corrected chi connectivity index (χ1v) is 7.31. The number of H-pyrrole nitrogens is 1. The number of carbonyl (C=O) groups excluding carboxylic acids is 1. The third-order valence-electron chi connectivity index (χ3n) is 3.03. The number of halogens is 2. The van der Waals surface area contributed by atoms with E-state index in [9.17, 15) is 13.6 Å². The number of rotatable bonds is 7. The third kappa shape index (κ3) is 5.65. The molecule has 0 spiro atoms. The fraction of sp³-hybridized carbons (Fsp3) is 0.294.